The van der Waals surface area contributed by atoms with E-state index in [-0.39, 0.29) is 0 Å². The first-order chi connectivity index (χ1) is 7.92. The quantitative estimate of drug-likeness (QED) is 0.615. The minimum absolute atomic E-state index is 0.420. The lowest BCUT2D eigenvalue weighted by atomic mass is 9.79. The summed E-state index contributed by atoms with van der Waals surface area (Å²) >= 11 is 5.96. The number of rotatable bonds is 1. The summed E-state index contributed by atoms with van der Waals surface area (Å²) < 4.78 is 11.6. The SMILES string of the molecule is C/C=C1/OB(c2cc(N)cc(Cl)c2)OC1(C)C. The minimum atomic E-state index is -0.447. The minimum Gasteiger partial charge on any atom is -0.534 e. The molecule has 0 aromatic heterocycles. The van der Waals surface area contributed by atoms with E-state index < -0.39 is 12.7 Å². The number of nitrogens with two attached hydrogens (primary N) is 1. The Labute approximate surface area is 107 Å². The Hall–Kier alpha value is -1.13. The van der Waals surface area contributed by atoms with Gasteiger partial charge in [-0.25, -0.2) is 0 Å². The molecule has 0 aliphatic carbocycles. The fraction of sp³-hybridized carbons (Fsp3) is 0.333. The first kappa shape index (κ1) is 12.3. The van der Waals surface area contributed by atoms with Gasteiger partial charge in [0.1, 0.15) is 11.4 Å². The average Bonchev–Trinajstić information content (AvgIpc) is 2.52. The molecule has 0 amide bonds. The van der Waals surface area contributed by atoms with Crippen molar-refractivity contribution in [2.75, 3.05) is 5.73 Å². The van der Waals surface area contributed by atoms with Crippen LogP contribution in [-0.2, 0) is 9.31 Å². The molecule has 0 saturated carbocycles. The molecule has 2 N–H and O–H groups in total. The van der Waals surface area contributed by atoms with Gasteiger partial charge in [0.05, 0.1) is 0 Å². The highest BCUT2D eigenvalue weighted by Gasteiger charge is 2.43. The van der Waals surface area contributed by atoms with E-state index >= 15 is 0 Å². The lowest BCUT2D eigenvalue weighted by Crippen LogP contribution is -2.34. The van der Waals surface area contributed by atoms with E-state index in [0.717, 1.165) is 11.2 Å². The number of allylic oxidation sites excluding steroid dienone is 1. The Kier molecular flexibility index (Phi) is 3.10. The molecule has 0 atom stereocenters. The van der Waals surface area contributed by atoms with Crippen molar-refractivity contribution in [3.05, 3.63) is 35.1 Å². The van der Waals surface area contributed by atoms with Crippen molar-refractivity contribution in [1.29, 1.82) is 0 Å². The van der Waals surface area contributed by atoms with Crippen molar-refractivity contribution in [1.82, 2.24) is 0 Å². The highest BCUT2D eigenvalue weighted by Crippen LogP contribution is 2.30. The van der Waals surface area contributed by atoms with Crippen LogP contribution in [0.25, 0.3) is 0 Å². The van der Waals surface area contributed by atoms with Crippen LogP contribution >= 0.6 is 11.6 Å². The highest BCUT2D eigenvalue weighted by atomic mass is 35.5. The van der Waals surface area contributed by atoms with Crippen LogP contribution in [0.15, 0.2) is 30.0 Å². The van der Waals surface area contributed by atoms with Crippen molar-refractivity contribution in [2.24, 2.45) is 0 Å². The van der Waals surface area contributed by atoms with E-state index in [2.05, 4.69) is 0 Å². The number of halogens is 1. The summed E-state index contributed by atoms with van der Waals surface area (Å²) in [5.74, 6) is 0.820. The van der Waals surface area contributed by atoms with Crippen molar-refractivity contribution < 1.29 is 9.31 Å². The Morgan fingerprint density at radius 3 is 2.59 bits per heavy atom. The molecule has 1 fully saturated rings. The summed E-state index contributed by atoms with van der Waals surface area (Å²) in [4.78, 5) is 0. The third-order valence-electron chi connectivity index (χ3n) is 2.71. The van der Waals surface area contributed by atoms with Crippen molar-refractivity contribution >= 4 is 29.9 Å². The van der Waals surface area contributed by atoms with Gasteiger partial charge in [0.2, 0.25) is 0 Å². The summed E-state index contributed by atoms with van der Waals surface area (Å²) in [5.41, 5.74) is 6.77. The predicted octanol–water partition coefficient (Wildman–Crippen LogP) is 2.35. The summed E-state index contributed by atoms with van der Waals surface area (Å²) in [7, 11) is -0.447. The molecule has 3 nitrogen and oxygen atoms in total. The molecule has 1 aromatic carbocycles. The van der Waals surface area contributed by atoms with Gasteiger partial charge in [0, 0.05) is 16.2 Å². The molecule has 0 radical (unpaired) electrons. The summed E-state index contributed by atoms with van der Waals surface area (Å²) in [5, 5.41) is 0.582. The first-order valence-electron chi connectivity index (χ1n) is 5.49. The lowest BCUT2D eigenvalue weighted by Gasteiger charge is -2.16. The molecule has 1 aromatic rings. The monoisotopic (exact) mass is 251 g/mol. The molecular weight excluding hydrogens is 236 g/mol. The average molecular weight is 252 g/mol. The van der Waals surface area contributed by atoms with Gasteiger partial charge in [-0.2, -0.15) is 0 Å². The fourth-order valence-corrected chi connectivity index (χ4v) is 2.18. The molecule has 5 heteroatoms. The molecule has 0 bridgehead atoms. The summed E-state index contributed by atoms with van der Waals surface area (Å²) in [6, 6.07) is 5.31. The van der Waals surface area contributed by atoms with Gasteiger partial charge in [-0.3, -0.25) is 0 Å². The van der Waals surface area contributed by atoms with E-state index in [1.54, 1.807) is 12.1 Å². The molecule has 0 unspecified atom stereocenters. The van der Waals surface area contributed by atoms with Crippen LogP contribution in [0.1, 0.15) is 20.8 Å². The third-order valence-corrected chi connectivity index (χ3v) is 2.92. The number of hydrogen-bond donors (Lipinski definition) is 1. The van der Waals surface area contributed by atoms with Gasteiger partial charge in [0.25, 0.3) is 0 Å². The lowest BCUT2D eigenvalue weighted by molar-refractivity contribution is 0.172. The smallest absolute Gasteiger partial charge is 0.534 e. The third kappa shape index (κ3) is 2.43. The normalized spacial score (nSPS) is 20.7. The van der Waals surface area contributed by atoms with Crippen LogP contribution < -0.4 is 11.2 Å². The van der Waals surface area contributed by atoms with E-state index in [0.29, 0.717) is 10.7 Å². The molecule has 1 heterocycles. The van der Waals surface area contributed by atoms with Gasteiger partial charge < -0.3 is 15.0 Å². The van der Waals surface area contributed by atoms with Crippen LogP contribution in [0, 0.1) is 0 Å². The second-order valence-electron chi connectivity index (χ2n) is 4.55. The molecule has 17 heavy (non-hydrogen) atoms. The summed E-state index contributed by atoms with van der Waals surface area (Å²) in [6.07, 6.45) is 1.91. The van der Waals surface area contributed by atoms with Gasteiger partial charge in [-0.1, -0.05) is 11.6 Å². The van der Waals surface area contributed by atoms with Crippen molar-refractivity contribution in [3.8, 4) is 0 Å². The van der Waals surface area contributed by atoms with Crippen LogP contribution in [-0.4, -0.2) is 12.7 Å². The number of anilines is 1. The number of hydrogen-bond acceptors (Lipinski definition) is 3. The van der Waals surface area contributed by atoms with Crippen molar-refractivity contribution in [2.45, 2.75) is 26.4 Å². The zero-order chi connectivity index (χ0) is 12.6. The van der Waals surface area contributed by atoms with Gasteiger partial charge in [0.15, 0.2) is 0 Å². The number of nitrogen functional groups attached to an aromatic ring is 1. The fourth-order valence-electron chi connectivity index (χ4n) is 1.93. The van der Waals surface area contributed by atoms with Crippen LogP contribution in [0.3, 0.4) is 0 Å². The zero-order valence-corrected chi connectivity index (χ0v) is 10.9. The molecular formula is C12H15BClNO2. The van der Waals surface area contributed by atoms with Crippen molar-refractivity contribution in [3.63, 3.8) is 0 Å². The Bertz CT molecular complexity index is 453. The van der Waals surface area contributed by atoms with E-state index in [1.165, 1.54) is 0 Å². The maximum absolute atomic E-state index is 5.96. The molecule has 1 aliphatic heterocycles. The Balaban J connectivity index is 2.31. The molecule has 1 aliphatic rings. The standard InChI is InChI=1S/C12H15BClNO2/c1-4-11-12(2,3)17-13(16-11)8-5-9(14)7-10(15)6-8/h4-7H,15H2,1-3H3/b11-4+. The largest absolute Gasteiger partial charge is 0.563 e. The van der Waals surface area contributed by atoms with E-state index in [9.17, 15) is 0 Å². The van der Waals surface area contributed by atoms with Crippen LogP contribution in [0.4, 0.5) is 5.69 Å². The highest BCUT2D eigenvalue weighted by molar-refractivity contribution is 6.62. The van der Waals surface area contributed by atoms with Crippen LogP contribution in [0.5, 0.6) is 0 Å². The van der Waals surface area contributed by atoms with E-state index in [4.69, 9.17) is 26.6 Å². The maximum atomic E-state index is 5.96. The van der Waals surface area contributed by atoms with Gasteiger partial charge in [-0.05, 0) is 45.0 Å². The molecule has 2 rings (SSSR count). The Morgan fingerprint density at radius 2 is 2.06 bits per heavy atom. The molecule has 0 spiro atoms. The second-order valence-corrected chi connectivity index (χ2v) is 4.99. The Morgan fingerprint density at radius 1 is 1.35 bits per heavy atom. The summed E-state index contributed by atoms with van der Waals surface area (Å²) in [6.45, 7) is 5.86. The van der Waals surface area contributed by atoms with Gasteiger partial charge >= 0.3 is 7.12 Å². The zero-order valence-electron chi connectivity index (χ0n) is 10.2. The number of benzene rings is 1. The topological polar surface area (TPSA) is 44.5 Å². The van der Waals surface area contributed by atoms with Crippen LogP contribution in [0.2, 0.25) is 5.02 Å². The second kappa shape index (κ2) is 4.28. The van der Waals surface area contributed by atoms with E-state index in [1.807, 2.05) is 32.9 Å². The van der Waals surface area contributed by atoms with Gasteiger partial charge in [-0.15, -0.1) is 0 Å². The predicted molar refractivity (Wildman–Crippen MR) is 71.3 cm³/mol. The first-order valence-corrected chi connectivity index (χ1v) is 5.87. The maximum Gasteiger partial charge on any atom is 0.563 e. The molecule has 90 valence electrons. The molecule has 1 saturated heterocycles.